The first-order valence-corrected chi connectivity index (χ1v) is 9.35. The van der Waals surface area contributed by atoms with Gasteiger partial charge in [0, 0.05) is 12.7 Å². The van der Waals surface area contributed by atoms with Crippen molar-refractivity contribution in [1.82, 2.24) is 9.97 Å². The van der Waals surface area contributed by atoms with Crippen molar-refractivity contribution in [3.63, 3.8) is 0 Å². The highest BCUT2D eigenvalue weighted by Crippen LogP contribution is 2.29. The van der Waals surface area contributed by atoms with Gasteiger partial charge in [0.2, 0.25) is 5.95 Å². The highest BCUT2D eigenvalue weighted by molar-refractivity contribution is 5.46. The van der Waals surface area contributed by atoms with E-state index in [2.05, 4.69) is 58.5 Å². The third-order valence-corrected chi connectivity index (χ3v) is 4.89. The predicted octanol–water partition coefficient (Wildman–Crippen LogP) is 4.23. The molecule has 138 valence electrons. The van der Waals surface area contributed by atoms with E-state index in [1.165, 1.54) is 11.1 Å². The Hall–Kier alpha value is -2.92. The zero-order chi connectivity index (χ0) is 18.5. The van der Waals surface area contributed by atoms with Crippen LogP contribution in [0.5, 0.6) is 0 Å². The van der Waals surface area contributed by atoms with E-state index in [0.717, 1.165) is 12.4 Å². The van der Waals surface area contributed by atoms with Crippen LogP contribution in [0.15, 0.2) is 72.9 Å². The lowest BCUT2D eigenvalue weighted by Crippen LogP contribution is -2.40. The van der Waals surface area contributed by atoms with Gasteiger partial charge in [0.1, 0.15) is 5.82 Å². The topological polar surface area (TPSA) is 50.3 Å². The third-order valence-electron chi connectivity index (χ3n) is 4.89. The molecule has 5 nitrogen and oxygen atoms in total. The third kappa shape index (κ3) is 4.09. The van der Waals surface area contributed by atoms with Crippen molar-refractivity contribution in [3.05, 3.63) is 84.1 Å². The van der Waals surface area contributed by atoms with E-state index >= 15 is 0 Å². The predicted molar refractivity (Wildman–Crippen MR) is 108 cm³/mol. The number of nitrogens with one attached hydrogen (secondary N) is 1. The van der Waals surface area contributed by atoms with Gasteiger partial charge in [-0.25, -0.2) is 4.98 Å². The van der Waals surface area contributed by atoms with Crippen LogP contribution in [0.25, 0.3) is 0 Å². The van der Waals surface area contributed by atoms with E-state index in [4.69, 9.17) is 9.72 Å². The molecule has 1 aliphatic heterocycles. The van der Waals surface area contributed by atoms with Crippen molar-refractivity contribution >= 4 is 11.8 Å². The first kappa shape index (κ1) is 17.5. The Kier molecular flexibility index (Phi) is 5.30. The molecule has 2 atom stereocenters. The summed E-state index contributed by atoms with van der Waals surface area (Å²) in [6.45, 7) is 4.30. The van der Waals surface area contributed by atoms with Crippen LogP contribution in [-0.2, 0) is 4.74 Å². The summed E-state index contributed by atoms with van der Waals surface area (Å²) in [6, 6.07) is 23.0. The maximum atomic E-state index is 5.74. The molecule has 2 heterocycles. The fourth-order valence-electron chi connectivity index (χ4n) is 3.43. The number of aromatic nitrogens is 2. The van der Waals surface area contributed by atoms with E-state index < -0.39 is 0 Å². The lowest BCUT2D eigenvalue weighted by Gasteiger charge is -2.36. The van der Waals surface area contributed by atoms with Crippen LogP contribution in [-0.4, -0.2) is 29.7 Å². The molecular weight excluding hydrogens is 336 g/mol. The molecule has 1 fully saturated rings. The summed E-state index contributed by atoms with van der Waals surface area (Å²) in [5.41, 5.74) is 2.45. The molecule has 0 radical (unpaired) electrons. The van der Waals surface area contributed by atoms with Gasteiger partial charge in [0.15, 0.2) is 0 Å². The zero-order valence-electron chi connectivity index (χ0n) is 15.5. The minimum absolute atomic E-state index is 0.135. The smallest absolute Gasteiger partial charge is 0.225 e. The summed E-state index contributed by atoms with van der Waals surface area (Å²) >= 11 is 0. The zero-order valence-corrected chi connectivity index (χ0v) is 15.5. The molecule has 5 heteroatoms. The van der Waals surface area contributed by atoms with Crippen LogP contribution in [0.2, 0.25) is 0 Å². The Bertz CT molecular complexity index is 856. The fraction of sp³-hybridized carbons (Fsp3) is 0.273. The number of anilines is 2. The van der Waals surface area contributed by atoms with Crippen LogP contribution < -0.4 is 10.2 Å². The molecule has 4 rings (SSSR count). The average molecular weight is 360 g/mol. The van der Waals surface area contributed by atoms with Gasteiger partial charge >= 0.3 is 0 Å². The number of morpholine rings is 1. The molecular formula is C22H24N4O. The molecule has 1 saturated heterocycles. The van der Waals surface area contributed by atoms with Crippen molar-refractivity contribution in [2.75, 3.05) is 30.0 Å². The van der Waals surface area contributed by atoms with E-state index in [1.54, 1.807) is 0 Å². The Morgan fingerprint density at radius 2 is 1.78 bits per heavy atom. The van der Waals surface area contributed by atoms with Gasteiger partial charge in [0.05, 0.1) is 25.3 Å². The first-order valence-electron chi connectivity index (χ1n) is 9.35. The molecule has 0 aliphatic carbocycles. The van der Waals surface area contributed by atoms with Gasteiger partial charge in [0.25, 0.3) is 0 Å². The van der Waals surface area contributed by atoms with Crippen molar-refractivity contribution in [2.45, 2.75) is 19.0 Å². The number of ether oxygens (including phenoxy) is 1. The molecule has 1 aromatic heterocycles. The lowest BCUT2D eigenvalue weighted by molar-refractivity contribution is 0.0937. The van der Waals surface area contributed by atoms with Crippen LogP contribution in [0.4, 0.5) is 11.8 Å². The second kappa shape index (κ2) is 8.18. The van der Waals surface area contributed by atoms with Crippen molar-refractivity contribution in [2.24, 2.45) is 0 Å². The molecule has 27 heavy (non-hydrogen) atoms. The van der Waals surface area contributed by atoms with Crippen molar-refractivity contribution in [3.8, 4) is 0 Å². The standard InChI is InChI=1S/C22H24N4O/c1-17(18-8-4-2-5-9-18)24-22-23-13-12-21(25-22)26-14-15-27-16-20(26)19-10-6-3-7-11-19/h2-13,17,20H,14-16H2,1H3,(H,23,24,25)/t17-,20?/m1/s1. The van der Waals surface area contributed by atoms with Crippen molar-refractivity contribution in [1.29, 1.82) is 0 Å². The number of benzene rings is 2. The summed E-state index contributed by atoms with van der Waals surface area (Å²) in [4.78, 5) is 11.5. The van der Waals surface area contributed by atoms with E-state index in [-0.39, 0.29) is 12.1 Å². The maximum Gasteiger partial charge on any atom is 0.225 e. The number of rotatable bonds is 5. The average Bonchev–Trinajstić information content (AvgIpc) is 2.75. The van der Waals surface area contributed by atoms with Gasteiger partial charge in [-0.1, -0.05) is 60.7 Å². The summed E-state index contributed by atoms with van der Waals surface area (Å²) in [7, 11) is 0. The highest BCUT2D eigenvalue weighted by atomic mass is 16.5. The fourth-order valence-corrected chi connectivity index (χ4v) is 3.43. The normalized spacial score (nSPS) is 18.1. The lowest BCUT2D eigenvalue weighted by atomic mass is 10.1. The van der Waals surface area contributed by atoms with Gasteiger partial charge < -0.3 is 15.0 Å². The largest absolute Gasteiger partial charge is 0.377 e. The summed E-state index contributed by atoms with van der Waals surface area (Å²) < 4.78 is 5.74. The molecule has 0 amide bonds. The molecule has 1 unspecified atom stereocenters. The maximum absolute atomic E-state index is 5.74. The molecule has 0 bridgehead atoms. The van der Waals surface area contributed by atoms with Crippen molar-refractivity contribution < 1.29 is 4.74 Å². The van der Waals surface area contributed by atoms with E-state index in [9.17, 15) is 0 Å². The van der Waals surface area contributed by atoms with Crippen LogP contribution in [0, 0.1) is 0 Å². The molecule has 1 N–H and O–H groups in total. The van der Waals surface area contributed by atoms with Gasteiger partial charge in [-0.15, -0.1) is 0 Å². The molecule has 0 saturated carbocycles. The summed E-state index contributed by atoms with van der Waals surface area (Å²) in [6.07, 6.45) is 1.82. The van der Waals surface area contributed by atoms with Crippen LogP contribution in [0.1, 0.15) is 30.1 Å². The van der Waals surface area contributed by atoms with Crippen LogP contribution in [0.3, 0.4) is 0 Å². The quantitative estimate of drug-likeness (QED) is 0.738. The first-order chi connectivity index (χ1) is 13.3. The monoisotopic (exact) mass is 360 g/mol. The Labute approximate surface area is 160 Å². The Morgan fingerprint density at radius 1 is 1.04 bits per heavy atom. The van der Waals surface area contributed by atoms with Gasteiger partial charge in [-0.2, -0.15) is 4.98 Å². The second-order valence-corrected chi connectivity index (χ2v) is 6.71. The van der Waals surface area contributed by atoms with Gasteiger partial charge in [-0.05, 0) is 24.1 Å². The SMILES string of the molecule is C[C@@H](Nc1nccc(N2CCOCC2c2ccccc2)n1)c1ccccc1. The van der Waals surface area contributed by atoms with Gasteiger partial charge in [-0.3, -0.25) is 0 Å². The van der Waals surface area contributed by atoms with E-state index in [0.29, 0.717) is 19.2 Å². The number of hydrogen-bond donors (Lipinski definition) is 1. The van der Waals surface area contributed by atoms with Crippen LogP contribution >= 0.6 is 0 Å². The molecule has 0 spiro atoms. The molecule has 2 aromatic carbocycles. The highest BCUT2D eigenvalue weighted by Gasteiger charge is 2.26. The Morgan fingerprint density at radius 3 is 2.56 bits per heavy atom. The molecule has 1 aliphatic rings. The minimum Gasteiger partial charge on any atom is -0.377 e. The second-order valence-electron chi connectivity index (χ2n) is 6.71. The number of nitrogens with zero attached hydrogens (tertiary/aromatic N) is 3. The van der Waals surface area contributed by atoms with E-state index in [1.807, 2.05) is 36.5 Å². The minimum atomic E-state index is 0.135. The molecule has 3 aromatic rings. The summed E-state index contributed by atoms with van der Waals surface area (Å²) in [5.74, 6) is 1.56. The summed E-state index contributed by atoms with van der Waals surface area (Å²) in [5, 5.41) is 3.41. The number of hydrogen-bond acceptors (Lipinski definition) is 5. The Balaban J connectivity index is 1.55.